The molecular formula is C15H23NO3. The van der Waals surface area contributed by atoms with Gasteiger partial charge in [0, 0.05) is 6.54 Å². The van der Waals surface area contributed by atoms with Crippen molar-refractivity contribution in [3.8, 4) is 5.75 Å². The van der Waals surface area contributed by atoms with Gasteiger partial charge in [-0.2, -0.15) is 0 Å². The highest BCUT2D eigenvalue weighted by Gasteiger charge is 2.03. The molecule has 1 aromatic carbocycles. The molecule has 4 heteroatoms. The van der Waals surface area contributed by atoms with Crippen LogP contribution in [-0.4, -0.2) is 42.7 Å². The van der Waals surface area contributed by atoms with Crippen LogP contribution in [0.15, 0.2) is 24.3 Å². The molecular weight excluding hydrogens is 242 g/mol. The van der Waals surface area contributed by atoms with Crippen molar-refractivity contribution in [1.82, 2.24) is 4.90 Å². The standard InChI is InChI=1S/C15H23NO3/c1-12(2)8-9-16(3)10-11-19-14-6-4-13(5-7-14)15(17)18/h4-7,12H,8-11H2,1-3H3,(H,17,18). The second kappa shape index (κ2) is 7.79. The van der Waals surface area contributed by atoms with Crippen LogP contribution in [0.3, 0.4) is 0 Å². The van der Waals surface area contributed by atoms with Crippen molar-refractivity contribution in [1.29, 1.82) is 0 Å². The van der Waals surface area contributed by atoms with Crippen molar-refractivity contribution in [3.63, 3.8) is 0 Å². The molecule has 1 aromatic rings. The molecule has 0 saturated heterocycles. The van der Waals surface area contributed by atoms with Crippen LogP contribution < -0.4 is 4.74 Å². The van der Waals surface area contributed by atoms with Crippen molar-refractivity contribution >= 4 is 5.97 Å². The number of carboxylic acids is 1. The molecule has 0 bridgehead atoms. The number of rotatable bonds is 8. The number of benzene rings is 1. The zero-order chi connectivity index (χ0) is 14.3. The summed E-state index contributed by atoms with van der Waals surface area (Å²) in [5, 5.41) is 8.78. The van der Waals surface area contributed by atoms with Gasteiger partial charge in [0.2, 0.25) is 0 Å². The molecule has 0 fully saturated rings. The Balaban J connectivity index is 2.27. The Labute approximate surface area is 115 Å². The molecule has 0 spiro atoms. The van der Waals surface area contributed by atoms with Crippen molar-refractivity contribution < 1.29 is 14.6 Å². The van der Waals surface area contributed by atoms with Gasteiger partial charge in [0.05, 0.1) is 5.56 Å². The van der Waals surface area contributed by atoms with Gasteiger partial charge in [-0.3, -0.25) is 0 Å². The predicted molar refractivity (Wildman–Crippen MR) is 75.8 cm³/mol. The number of hydrogen-bond donors (Lipinski definition) is 1. The molecule has 0 aliphatic rings. The first kappa shape index (κ1) is 15.5. The molecule has 0 radical (unpaired) electrons. The van der Waals surface area contributed by atoms with E-state index in [9.17, 15) is 4.79 Å². The van der Waals surface area contributed by atoms with Crippen LogP contribution in [0.25, 0.3) is 0 Å². The number of likely N-dealkylation sites (N-methyl/N-ethyl adjacent to an activating group) is 1. The fourth-order valence-corrected chi connectivity index (χ4v) is 1.60. The van der Waals surface area contributed by atoms with Gasteiger partial charge in [-0.15, -0.1) is 0 Å². The molecule has 0 aliphatic heterocycles. The van der Waals surface area contributed by atoms with Crippen LogP contribution in [0.1, 0.15) is 30.6 Å². The average molecular weight is 265 g/mol. The third kappa shape index (κ3) is 6.25. The first-order valence-electron chi connectivity index (χ1n) is 6.63. The molecule has 0 unspecified atom stereocenters. The van der Waals surface area contributed by atoms with Gasteiger partial charge in [-0.05, 0) is 50.2 Å². The fourth-order valence-electron chi connectivity index (χ4n) is 1.60. The lowest BCUT2D eigenvalue weighted by molar-refractivity contribution is 0.0697. The Morgan fingerprint density at radius 1 is 1.26 bits per heavy atom. The molecule has 0 heterocycles. The topological polar surface area (TPSA) is 49.8 Å². The smallest absolute Gasteiger partial charge is 0.335 e. The minimum atomic E-state index is -0.917. The fraction of sp³-hybridized carbons (Fsp3) is 0.533. The highest BCUT2D eigenvalue weighted by Crippen LogP contribution is 2.12. The third-order valence-corrected chi connectivity index (χ3v) is 2.93. The summed E-state index contributed by atoms with van der Waals surface area (Å²) in [7, 11) is 2.08. The first-order valence-corrected chi connectivity index (χ1v) is 6.63. The predicted octanol–water partition coefficient (Wildman–Crippen LogP) is 2.74. The lowest BCUT2D eigenvalue weighted by Gasteiger charge is -2.18. The number of ether oxygens (including phenoxy) is 1. The second-order valence-corrected chi connectivity index (χ2v) is 5.16. The highest BCUT2D eigenvalue weighted by molar-refractivity contribution is 5.87. The highest BCUT2D eigenvalue weighted by atomic mass is 16.5. The van der Waals surface area contributed by atoms with E-state index >= 15 is 0 Å². The summed E-state index contributed by atoms with van der Waals surface area (Å²) in [6.07, 6.45) is 1.18. The Bertz CT molecular complexity index is 387. The van der Waals surface area contributed by atoms with Gasteiger partial charge >= 0.3 is 5.97 Å². The third-order valence-electron chi connectivity index (χ3n) is 2.93. The van der Waals surface area contributed by atoms with Crippen LogP contribution in [-0.2, 0) is 0 Å². The van der Waals surface area contributed by atoms with E-state index in [0.29, 0.717) is 18.3 Å². The summed E-state index contributed by atoms with van der Waals surface area (Å²) < 4.78 is 5.58. The molecule has 1 rings (SSSR count). The van der Waals surface area contributed by atoms with E-state index in [0.717, 1.165) is 13.1 Å². The van der Waals surface area contributed by atoms with Crippen molar-refractivity contribution in [2.24, 2.45) is 5.92 Å². The maximum Gasteiger partial charge on any atom is 0.335 e. The number of carbonyl (C=O) groups is 1. The molecule has 106 valence electrons. The normalized spacial score (nSPS) is 11.0. The van der Waals surface area contributed by atoms with Gasteiger partial charge in [-0.1, -0.05) is 13.8 Å². The van der Waals surface area contributed by atoms with E-state index in [2.05, 4.69) is 25.8 Å². The minimum absolute atomic E-state index is 0.279. The summed E-state index contributed by atoms with van der Waals surface area (Å²) in [5.41, 5.74) is 0.279. The Morgan fingerprint density at radius 2 is 1.89 bits per heavy atom. The monoisotopic (exact) mass is 265 g/mol. The van der Waals surface area contributed by atoms with Crippen LogP contribution in [0.4, 0.5) is 0 Å². The molecule has 0 saturated carbocycles. The molecule has 0 atom stereocenters. The van der Waals surface area contributed by atoms with Gasteiger partial charge in [0.15, 0.2) is 0 Å². The molecule has 19 heavy (non-hydrogen) atoms. The summed E-state index contributed by atoms with van der Waals surface area (Å²) >= 11 is 0. The summed E-state index contributed by atoms with van der Waals surface area (Å²) in [6, 6.07) is 6.50. The molecule has 0 amide bonds. The van der Waals surface area contributed by atoms with E-state index in [-0.39, 0.29) is 5.56 Å². The molecule has 4 nitrogen and oxygen atoms in total. The van der Waals surface area contributed by atoms with Crippen molar-refractivity contribution in [3.05, 3.63) is 29.8 Å². The van der Waals surface area contributed by atoms with Gasteiger partial charge in [0.1, 0.15) is 12.4 Å². The molecule has 0 aliphatic carbocycles. The molecule has 1 N–H and O–H groups in total. The maximum atomic E-state index is 10.7. The summed E-state index contributed by atoms with van der Waals surface area (Å²) in [6.45, 7) is 6.98. The maximum absolute atomic E-state index is 10.7. The van der Waals surface area contributed by atoms with E-state index in [1.54, 1.807) is 24.3 Å². The van der Waals surface area contributed by atoms with E-state index in [1.165, 1.54) is 6.42 Å². The Hall–Kier alpha value is -1.55. The average Bonchev–Trinajstić information content (AvgIpc) is 2.37. The lowest BCUT2D eigenvalue weighted by Crippen LogP contribution is -2.26. The van der Waals surface area contributed by atoms with Gasteiger partial charge in [0.25, 0.3) is 0 Å². The first-order chi connectivity index (χ1) is 8.99. The summed E-state index contributed by atoms with van der Waals surface area (Å²) in [5.74, 6) is 0.508. The van der Waals surface area contributed by atoms with Gasteiger partial charge in [-0.25, -0.2) is 4.79 Å². The number of carboxylic acid groups (broad SMARTS) is 1. The largest absolute Gasteiger partial charge is 0.492 e. The number of nitrogens with zero attached hydrogens (tertiary/aromatic N) is 1. The Kier molecular flexibility index (Phi) is 6.36. The van der Waals surface area contributed by atoms with Crippen LogP contribution in [0.2, 0.25) is 0 Å². The van der Waals surface area contributed by atoms with Crippen molar-refractivity contribution in [2.75, 3.05) is 26.7 Å². The van der Waals surface area contributed by atoms with E-state index in [1.807, 2.05) is 0 Å². The lowest BCUT2D eigenvalue weighted by atomic mass is 10.1. The van der Waals surface area contributed by atoms with Crippen molar-refractivity contribution in [2.45, 2.75) is 20.3 Å². The Morgan fingerprint density at radius 3 is 2.42 bits per heavy atom. The van der Waals surface area contributed by atoms with Crippen LogP contribution in [0.5, 0.6) is 5.75 Å². The van der Waals surface area contributed by atoms with Crippen LogP contribution in [0, 0.1) is 5.92 Å². The zero-order valence-electron chi connectivity index (χ0n) is 11.9. The minimum Gasteiger partial charge on any atom is -0.492 e. The number of hydrogen-bond acceptors (Lipinski definition) is 3. The number of aromatic carboxylic acids is 1. The van der Waals surface area contributed by atoms with Gasteiger partial charge < -0.3 is 14.7 Å². The SMILES string of the molecule is CC(C)CCN(C)CCOc1ccc(C(=O)O)cc1. The van der Waals surface area contributed by atoms with E-state index in [4.69, 9.17) is 9.84 Å². The second-order valence-electron chi connectivity index (χ2n) is 5.16. The van der Waals surface area contributed by atoms with E-state index < -0.39 is 5.97 Å². The molecule has 0 aromatic heterocycles. The quantitative estimate of drug-likeness (QED) is 0.785. The summed E-state index contributed by atoms with van der Waals surface area (Å²) in [4.78, 5) is 12.9. The zero-order valence-corrected chi connectivity index (χ0v) is 11.9. The van der Waals surface area contributed by atoms with Crippen LogP contribution >= 0.6 is 0 Å².